The lowest BCUT2D eigenvalue weighted by atomic mass is 9.95. The molecule has 3 heterocycles. The molecule has 1 aromatic carbocycles. The molecule has 2 aliphatic rings. The summed E-state index contributed by atoms with van der Waals surface area (Å²) in [6, 6.07) is 10.8. The fourth-order valence-electron chi connectivity index (χ4n) is 3.93. The third kappa shape index (κ3) is 3.39. The molecule has 148 valence electrons. The third-order valence-electron chi connectivity index (χ3n) is 5.21. The van der Waals surface area contributed by atoms with Gasteiger partial charge in [-0.05, 0) is 59.1 Å². The summed E-state index contributed by atoms with van der Waals surface area (Å²) in [7, 11) is 1.67. The van der Waals surface area contributed by atoms with Gasteiger partial charge in [-0.2, -0.15) is 0 Å². The van der Waals surface area contributed by atoms with Crippen LogP contribution < -0.4 is 9.47 Å². The van der Waals surface area contributed by atoms with Crippen LogP contribution in [0.15, 0.2) is 46.0 Å². The molecule has 4 rings (SSSR count). The molecule has 28 heavy (non-hydrogen) atoms. The molecule has 3 atom stereocenters. The first kappa shape index (κ1) is 19.6. The Bertz CT molecular complexity index is 877. The second kappa shape index (κ2) is 8.33. The second-order valence-electron chi connectivity index (χ2n) is 6.80. The zero-order valence-corrected chi connectivity index (χ0v) is 18.7. The van der Waals surface area contributed by atoms with Crippen molar-refractivity contribution in [2.45, 2.75) is 38.4 Å². The normalized spacial score (nSPS) is 23.5. The van der Waals surface area contributed by atoms with E-state index in [0.717, 1.165) is 44.6 Å². The number of rotatable bonds is 6. The highest BCUT2D eigenvalue weighted by atomic mass is 79.9. The molecular weight excluding hydrogens is 438 g/mol. The zero-order valence-electron chi connectivity index (χ0n) is 16.3. The Morgan fingerprint density at radius 2 is 2.14 bits per heavy atom. The predicted octanol–water partition coefficient (Wildman–Crippen LogP) is 5.23. The van der Waals surface area contributed by atoms with E-state index >= 15 is 0 Å². The molecule has 0 aliphatic carbocycles. The molecule has 2 aromatic rings. The van der Waals surface area contributed by atoms with Crippen LogP contribution in [0.25, 0.3) is 0 Å². The van der Waals surface area contributed by atoms with Gasteiger partial charge in [0.25, 0.3) is 0 Å². The Morgan fingerprint density at radius 1 is 1.29 bits per heavy atom. The van der Waals surface area contributed by atoms with E-state index in [1.807, 2.05) is 37.0 Å². The van der Waals surface area contributed by atoms with Crippen molar-refractivity contribution in [3.8, 4) is 11.5 Å². The minimum atomic E-state index is -0.0344. The lowest BCUT2D eigenvalue weighted by Crippen LogP contribution is -2.35. The summed E-state index contributed by atoms with van der Waals surface area (Å²) in [5.41, 5.74) is 2.15. The summed E-state index contributed by atoms with van der Waals surface area (Å²) < 4.78 is 12.3. The molecule has 1 fully saturated rings. The second-order valence-corrected chi connectivity index (χ2v) is 8.64. The van der Waals surface area contributed by atoms with Crippen LogP contribution in [0.4, 0.5) is 0 Å². The van der Waals surface area contributed by atoms with Crippen molar-refractivity contribution in [3.63, 3.8) is 0 Å². The van der Waals surface area contributed by atoms with Gasteiger partial charge in [0, 0.05) is 18.0 Å². The summed E-state index contributed by atoms with van der Waals surface area (Å²) >= 11 is 5.52. The van der Waals surface area contributed by atoms with E-state index in [4.69, 9.17) is 14.5 Å². The average molecular weight is 462 g/mol. The largest absolute Gasteiger partial charge is 0.492 e. The van der Waals surface area contributed by atoms with Gasteiger partial charge in [-0.1, -0.05) is 24.8 Å². The lowest BCUT2D eigenvalue weighted by Gasteiger charge is -2.32. The van der Waals surface area contributed by atoms with E-state index in [-0.39, 0.29) is 12.1 Å². The van der Waals surface area contributed by atoms with Gasteiger partial charge in [-0.15, -0.1) is 0 Å². The maximum absolute atomic E-state index is 5.88. The zero-order chi connectivity index (χ0) is 19.7. The Morgan fingerprint density at radius 3 is 2.82 bits per heavy atom. The number of amidine groups is 1. The molecule has 0 radical (unpaired) electrons. The van der Waals surface area contributed by atoms with Crippen LogP contribution >= 0.6 is 27.7 Å². The molecule has 0 bridgehead atoms. The number of methoxy groups -OCH3 is 1. The molecule has 0 N–H and O–H groups in total. The number of fused-ring (bicyclic) bond motifs is 1. The number of thioether (sulfide) groups is 1. The molecule has 5 nitrogen and oxygen atoms in total. The molecule has 0 unspecified atom stereocenters. The number of pyridine rings is 1. The van der Waals surface area contributed by atoms with Gasteiger partial charge in [0.05, 0.1) is 29.9 Å². The van der Waals surface area contributed by atoms with Gasteiger partial charge in [-0.3, -0.25) is 9.98 Å². The predicted molar refractivity (Wildman–Crippen MR) is 117 cm³/mol. The van der Waals surface area contributed by atoms with E-state index in [2.05, 4.69) is 50.9 Å². The molecule has 1 aromatic heterocycles. The first-order valence-electron chi connectivity index (χ1n) is 9.58. The van der Waals surface area contributed by atoms with E-state index in [1.54, 1.807) is 7.11 Å². The molecule has 2 aliphatic heterocycles. The van der Waals surface area contributed by atoms with E-state index in [0.29, 0.717) is 12.6 Å². The number of aliphatic imine (C=N–C) groups is 1. The van der Waals surface area contributed by atoms with E-state index < -0.39 is 0 Å². The molecule has 7 heteroatoms. The van der Waals surface area contributed by atoms with Gasteiger partial charge in [-0.25, -0.2) is 0 Å². The number of halogens is 1. The van der Waals surface area contributed by atoms with Crippen LogP contribution in [-0.4, -0.2) is 40.6 Å². The summed E-state index contributed by atoms with van der Waals surface area (Å²) in [6.45, 7) is 4.81. The van der Waals surface area contributed by atoms with Crippen molar-refractivity contribution >= 4 is 32.9 Å². The summed E-state index contributed by atoms with van der Waals surface area (Å²) in [6.07, 6.45) is 2.93. The van der Waals surface area contributed by atoms with Crippen molar-refractivity contribution in [1.29, 1.82) is 0 Å². The summed E-state index contributed by atoms with van der Waals surface area (Å²) in [4.78, 5) is 12.2. The van der Waals surface area contributed by atoms with Gasteiger partial charge in [0.2, 0.25) is 0 Å². The molecule has 0 spiro atoms. The van der Waals surface area contributed by atoms with E-state index in [9.17, 15) is 0 Å². The highest BCUT2D eigenvalue weighted by Crippen LogP contribution is 2.50. The van der Waals surface area contributed by atoms with Crippen molar-refractivity contribution in [1.82, 2.24) is 9.88 Å². The van der Waals surface area contributed by atoms with Gasteiger partial charge in [0.15, 0.2) is 16.7 Å². The number of hydrogen-bond acceptors (Lipinski definition) is 6. The average Bonchev–Trinajstić information content (AvgIpc) is 3.27. The van der Waals surface area contributed by atoms with Crippen molar-refractivity contribution < 1.29 is 9.47 Å². The van der Waals surface area contributed by atoms with Crippen LogP contribution in [0.2, 0.25) is 0 Å². The quantitative estimate of drug-likeness (QED) is 0.588. The number of benzene rings is 1. The molecular formula is C21H24BrN3O2S. The molecule has 0 amide bonds. The Labute approximate surface area is 178 Å². The first-order chi connectivity index (χ1) is 13.7. The highest BCUT2D eigenvalue weighted by Gasteiger charge is 2.45. The first-order valence-corrected chi connectivity index (χ1v) is 11.4. The highest BCUT2D eigenvalue weighted by molar-refractivity contribution is 9.10. The van der Waals surface area contributed by atoms with Gasteiger partial charge in [0.1, 0.15) is 6.04 Å². The Hall–Kier alpha value is -1.73. The smallest absolute Gasteiger partial charge is 0.174 e. The van der Waals surface area contributed by atoms with Crippen LogP contribution in [0.5, 0.6) is 11.5 Å². The minimum absolute atomic E-state index is 0.0344. The van der Waals surface area contributed by atoms with Crippen LogP contribution in [0.1, 0.15) is 43.6 Å². The topological polar surface area (TPSA) is 47.0 Å². The molecule has 1 saturated heterocycles. The SMILES string of the molecule is CCOc1cc([C@H]2[C@H](c3ccccn3)N=C3SC[C@@H](CC)N32)cc(Br)c1OC. The Kier molecular flexibility index (Phi) is 5.83. The Balaban J connectivity index is 1.82. The monoisotopic (exact) mass is 461 g/mol. The maximum Gasteiger partial charge on any atom is 0.174 e. The number of ether oxygens (including phenoxy) is 2. The summed E-state index contributed by atoms with van der Waals surface area (Å²) in [5, 5.41) is 1.12. The van der Waals surface area contributed by atoms with Crippen LogP contribution in [0.3, 0.4) is 0 Å². The maximum atomic E-state index is 5.88. The lowest BCUT2D eigenvalue weighted by molar-refractivity contribution is 0.253. The minimum Gasteiger partial charge on any atom is -0.492 e. The number of aromatic nitrogens is 1. The van der Waals surface area contributed by atoms with E-state index in [1.165, 1.54) is 0 Å². The van der Waals surface area contributed by atoms with Crippen molar-refractivity contribution in [2.75, 3.05) is 19.5 Å². The molecule has 0 saturated carbocycles. The van der Waals surface area contributed by atoms with Crippen LogP contribution in [-0.2, 0) is 0 Å². The fraction of sp³-hybridized carbons (Fsp3) is 0.429. The number of nitrogens with zero attached hydrogens (tertiary/aromatic N) is 3. The van der Waals surface area contributed by atoms with Crippen molar-refractivity contribution in [2.24, 2.45) is 4.99 Å². The standard InChI is InChI=1S/C21H24BrN3O2S/c1-4-14-12-28-21-24-18(16-8-6-7-9-23-16)19(25(14)21)13-10-15(22)20(26-3)17(11-13)27-5-2/h6-11,14,18-19H,4-5,12H2,1-3H3/t14-,18+,19+/m1/s1. The van der Waals surface area contributed by atoms with Crippen LogP contribution in [0, 0.1) is 0 Å². The summed E-state index contributed by atoms with van der Waals surface area (Å²) in [5.74, 6) is 2.56. The van der Waals surface area contributed by atoms with Gasteiger partial charge >= 0.3 is 0 Å². The number of hydrogen-bond donors (Lipinski definition) is 0. The fourth-order valence-corrected chi connectivity index (χ4v) is 5.89. The van der Waals surface area contributed by atoms with Gasteiger partial charge < -0.3 is 14.4 Å². The van der Waals surface area contributed by atoms with Crippen molar-refractivity contribution in [3.05, 3.63) is 52.3 Å². The third-order valence-corrected chi connectivity index (χ3v) is 6.92.